The van der Waals surface area contributed by atoms with Gasteiger partial charge in [0.25, 0.3) is 0 Å². The van der Waals surface area contributed by atoms with E-state index in [9.17, 15) is 9.18 Å². The Morgan fingerprint density at radius 3 is 2.70 bits per heavy atom. The van der Waals surface area contributed by atoms with Crippen LogP contribution in [0.2, 0.25) is 0 Å². The molecule has 1 aliphatic rings. The van der Waals surface area contributed by atoms with Gasteiger partial charge in [-0.15, -0.1) is 0 Å². The number of halogens is 1. The first-order chi connectivity index (χ1) is 14.6. The maximum Gasteiger partial charge on any atom is 0.238 e. The molecule has 1 aromatic heterocycles. The number of nitrogens with zero attached hydrogens (tertiary/aromatic N) is 3. The summed E-state index contributed by atoms with van der Waals surface area (Å²) in [6, 6.07) is 11.7. The highest BCUT2D eigenvalue weighted by atomic mass is 19.1. The van der Waals surface area contributed by atoms with E-state index >= 15 is 0 Å². The van der Waals surface area contributed by atoms with Crippen LogP contribution in [0, 0.1) is 5.82 Å². The van der Waals surface area contributed by atoms with Crippen molar-refractivity contribution in [2.75, 3.05) is 45.2 Å². The summed E-state index contributed by atoms with van der Waals surface area (Å²) in [6.45, 7) is 4.26. The third-order valence-electron chi connectivity index (χ3n) is 5.18. The number of fused-ring (bicyclic) bond motifs is 1. The average Bonchev–Trinajstić information content (AvgIpc) is 3.00. The minimum Gasteiger partial charge on any atom is -0.497 e. The van der Waals surface area contributed by atoms with Gasteiger partial charge in [-0.1, -0.05) is 0 Å². The van der Waals surface area contributed by atoms with Crippen LogP contribution in [-0.2, 0) is 11.3 Å². The lowest BCUT2D eigenvalue weighted by atomic mass is 10.3. The first-order valence-corrected chi connectivity index (χ1v) is 10.0. The van der Waals surface area contributed by atoms with E-state index in [0.717, 1.165) is 44.0 Å². The van der Waals surface area contributed by atoms with Crippen LogP contribution in [0.15, 0.2) is 46.9 Å². The van der Waals surface area contributed by atoms with Gasteiger partial charge >= 0.3 is 0 Å². The van der Waals surface area contributed by atoms with Gasteiger partial charge in [-0.05, 0) is 55.9 Å². The quantitative estimate of drug-likeness (QED) is 0.671. The summed E-state index contributed by atoms with van der Waals surface area (Å²) in [7, 11) is 1.61. The van der Waals surface area contributed by atoms with Crippen molar-refractivity contribution in [3.63, 3.8) is 0 Å². The number of hydrogen-bond acceptors (Lipinski definition) is 6. The van der Waals surface area contributed by atoms with Gasteiger partial charge in [0, 0.05) is 24.8 Å². The number of ether oxygens (including phenoxy) is 1. The van der Waals surface area contributed by atoms with Crippen LogP contribution in [-0.4, -0.2) is 60.5 Å². The number of hydrogen-bond donors (Lipinski definition) is 1. The Kier molecular flexibility index (Phi) is 6.25. The van der Waals surface area contributed by atoms with E-state index in [4.69, 9.17) is 9.15 Å². The molecule has 2 aromatic carbocycles. The lowest BCUT2D eigenvalue weighted by Crippen LogP contribution is -2.36. The fraction of sp³-hybridized carbons (Fsp3) is 0.364. The summed E-state index contributed by atoms with van der Waals surface area (Å²) >= 11 is 0. The van der Waals surface area contributed by atoms with Crippen molar-refractivity contribution in [2.45, 2.75) is 13.0 Å². The predicted octanol–water partition coefficient (Wildman–Crippen LogP) is 3.12. The van der Waals surface area contributed by atoms with Gasteiger partial charge in [0.2, 0.25) is 11.8 Å². The van der Waals surface area contributed by atoms with E-state index in [0.29, 0.717) is 30.1 Å². The van der Waals surface area contributed by atoms with E-state index in [1.807, 2.05) is 24.3 Å². The van der Waals surface area contributed by atoms with Gasteiger partial charge in [-0.3, -0.25) is 14.6 Å². The number of carbonyl (C=O) groups excluding carboxylic acids is 1. The summed E-state index contributed by atoms with van der Waals surface area (Å²) in [4.78, 5) is 21.2. The number of benzene rings is 2. The molecule has 1 N–H and O–H groups in total. The maximum absolute atomic E-state index is 13.3. The Hall–Kier alpha value is -2.97. The van der Waals surface area contributed by atoms with Crippen LogP contribution in [0.25, 0.3) is 11.1 Å². The van der Waals surface area contributed by atoms with Crippen molar-refractivity contribution >= 4 is 22.7 Å². The van der Waals surface area contributed by atoms with E-state index in [-0.39, 0.29) is 11.7 Å². The summed E-state index contributed by atoms with van der Waals surface area (Å²) in [5.74, 6) is 0.976. The van der Waals surface area contributed by atoms with Crippen LogP contribution in [0.1, 0.15) is 12.3 Å². The fourth-order valence-electron chi connectivity index (χ4n) is 3.62. The Morgan fingerprint density at radius 1 is 1.13 bits per heavy atom. The van der Waals surface area contributed by atoms with Crippen molar-refractivity contribution in [3.8, 4) is 5.75 Å². The second kappa shape index (κ2) is 9.23. The standard InChI is InChI=1S/C22H25FN4O3/c1-29-18-6-4-17(5-7-18)24-21(28)14-26-9-2-10-27(12-11-26)15-22-25-19-8-3-16(23)13-20(19)30-22/h3-8,13H,2,9-12,14-15H2,1H3,(H,24,28). The van der Waals surface area contributed by atoms with Crippen LogP contribution < -0.4 is 10.1 Å². The lowest BCUT2D eigenvalue weighted by Gasteiger charge is -2.20. The van der Waals surface area contributed by atoms with Crippen molar-refractivity contribution in [3.05, 3.63) is 54.2 Å². The van der Waals surface area contributed by atoms with Crippen molar-refractivity contribution in [2.24, 2.45) is 0 Å². The smallest absolute Gasteiger partial charge is 0.238 e. The Labute approximate surface area is 174 Å². The number of nitrogens with one attached hydrogen (secondary N) is 1. The summed E-state index contributed by atoms with van der Waals surface area (Å²) < 4.78 is 24.2. The van der Waals surface area contributed by atoms with Crippen molar-refractivity contribution < 1.29 is 18.3 Å². The molecule has 158 valence electrons. The van der Waals surface area contributed by atoms with Crippen molar-refractivity contribution in [1.82, 2.24) is 14.8 Å². The molecule has 0 unspecified atom stereocenters. The number of anilines is 1. The molecule has 0 atom stereocenters. The molecule has 7 nitrogen and oxygen atoms in total. The second-order valence-electron chi connectivity index (χ2n) is 7.40. The number of methoxy groups -OCH3 is 1. The van der Waals surface area contributed by atoms with Crippen molar-refractivity contribution in [1.29, 1.82) is 0 Å². The SMILES string of the molecule is COc1ccc(NC(=O)CN2CCCN(Cc3nc4ccc(F)cc4o3)CC2)cc1. The van der Waals surface area contributed by atoms with Gasteiger partial charge in [0.05, 0.1) is 20.2 Å². The number of rotatable bonds is 6. The Balaban J connectivity index is 1.28. The first kappa shape index (κ1) is 20.3. The zero-order valence-electron chi connectivity index (χ0n) is 16.9. The third-order valence-corrected chi connectivity index (χ3v) is 5.18. The number of carbonyl (C=O) groups is 1. The minimum atomic E-state index is -0.330. The first-order valence-electron chi connectivity index (χ1n) is 10.0. The molecular weight excluding hydrogens is 387 g/mol. The largest absolute Gasteiger partial charge is 0.497 e. The Bertz CT molecular complexity index is 1010. The molecule has 4 rings (SSSR count). The number of aromatic nitrogens is 1. The van der Waals surface area contributed by atoms with Gasteiger partial charge in [-0.2, -0.15) is 0 Å². The molecule has 0 saturated carbocycles. The van der Waals surface area contributed by atoms with E-state index < -0.39 is 0 Å². The van der Waals surface area contributed by atoms with Gasteiger partial charge < -0.3 is 14.5 Å². The second-order valence-corrected chi connectivity index (χ2v) is 7.40. The number of amides is 1. The monoisotopic (exact) mass is 412 g/mol. The predicted molar refractivity (Wildman–Crippen MR) is 112 cm³/mol. The number of oxazole rings is 1. The summed E-state index contributed by atoms with van der Waals surface area (Å²) in [6.07, 6.45) is 0.949. The van der Waals surface area contributed by atoms with Crippen LogP contribution in [0.3, 0.4) is 0 Å². The molecule has 30 heavy (non-hydrogen) atoms. The Morgan fingerprint density at radius 2 is 1.90 bits per heavy atom. The van der Waals surface area contributed by atoms with E-state index in [1.165, 1.54) is 12.1 Å². The molecule has 0 aliphatic carbocycles. The fourth-order valence-corrected chi connectivity index (χ4v) is 3.62. The third kappa shape index (κ3) is 5.14. The average molecular weight is 412 g/mol. The molecule has 0 spiro atoms. The zero-order valence-corrected chi connectivity index (χ0v) is 16.9. The van der Waals surface area contributed by atoms with E-state index in [1.54, 1.807) is 13.2 Å². The molecule has 0 bridgehead atoms. The minimum absolute atomic E-state index is 0.0328. The van der Waals surface area contributed by atoms with E-state index in [2.05, 4.69) is 20.1 Å². The van der Waals surface area contributed by atoms with Gasteiger partial charge in [0.15, 0.2) is 5.58 Å². The van der Waals surface area contributed by atoms with Gasteiger partial charge in [-0.25, -0.2) is 9.37 Å². The topological polar surface area (TPSA) is 70.8 Å². The highest BCUT2D eigenvalue weighted by Crippen LogP contribution is 2.19. The molecule has 2 heterocycles. The molecule has 1 saturated heterocycles. The molecule has 1 aliphatic heterocycles. The normalized spacial score (nSPS) is 15.8. The lowest BCUT2D eigenvalue weighted by molar-refractivity contribution is -0.117. The molecule has 0 radical (unpaired) electrons. The molecule has 8 heteroatoms. The highest BCUT2D eigenvalue weighted by molar-refractivity contribution is 5.92. The van der Waals surface area contributed by atoms with Crippen LogP contribution in [0.4, 0.5) is 10.1 Å². The summed E-state index contributed by atoms with van der Waals surface area (Å²) in [5.41, 5.74) is 1.89. The molecular formula is C22H25FN4O3. The van der Waals surface area contributed by atoms with Crippen LogP contribution in [0.5, 0.6) is 5.75 Å². The summed E-state index contributed by atoms with van der Waals surface area (Å²) in [5, 5.41) is 2.93. The van der Waals surface area contributed by atoms with Gasteiger partial charge in [0.1, 0.15) is 17.1 Å². The molecule has 3 aromatic rings. The molecule has 1 fully saturated rings. The van der Waals surface area contributed by atoms with Crippen LogP contribution >= 0.6 is 0 Å². The highest BCUT2D eigenvalue weighted by Gasteiger charge is 2.19. The maximum atomic E-state index is 13.3. The zero-order chi connectivity index (χ0) is 20.9. The molecule has 1 amide bonds.